The van der Waals surface area contributed by atoms with Crippen LogP contribution in [0.2, 0.25) is 0 Å². The van der Waals surface area contributed by atoms with Crippen molar-refractivity contribution in [1.82, 2.24) is 4.98 Å². The minimum atomic E-state index is -0.411. The summed E-state index contributed by atoms with van der Waals surface area (Å²) in [5, 5.41) is 0.927. The molecule has 0 saturated heterocycles. The molecule has 5 nitrogen and oxygen atoms in total. The number of methoxy groups -OCH3 is 3. The fraction of sp³-hybridized carbons (Fsp3) is 0.167. The summed E-state index contributed by atoms with van der Waals surface area (Å²) in [4.78, 5) is 15.3. The number of ether oxygens (including phenoxy) is 3. The van der Waals surface area contributed by atoms with E-state index in [1.807, 2.05) is 42.5 Å². The first-order chi connectivity index (χ1) is 11.2. The maximum absolute atomic E-state index is 12.1. The lowest BCUT2D eigenvalue weighted by molar-refractivity contribution is 0.0596. The Morgan fingerprint density at radius 2 is 1.57 bits per heavy atom. The van der Waals surface area contributed by atoms with Crippen LogP contribution in [0.25, 0.3) is 22.0 Å². The van der Waals surface area contributed by atoms with Crippen molar-refractivity contribution in [3.63, 3.8) is 0 Å². The Bertz CT molecular complexity index is 849. The van der Waals surface area contributed by atoms with Gasteiger partial charge in [-0.25, -0.2) is 4.79 Å². The van der Waals surface area contributed by atoms with Crippen LogP contribution in [0.15, 0.2) is 42.5 Å². The van der Waals surface area contributed by atoms with E-state index in [0.29, 0.717) is 5.69 Å². The number of benzene rings is 2. The number of esters is 1. The smallest absolute Gasteiger partial charge is 0.355 e. The number of hydrogen-bond donors (Lipinski definition) is 1. The third kappa shape index (κ3) is 2.61. The van der Waals surface area contributed by atoms with Crippen LogP contribution in [0.3, 0.4) is 0 Å². The van der Waals surface area contributed by atoms with Gasteiger partial charge in [0.2, 0.25) is 0 Å². The molecule has 0 aliphatic rings. The zero-order valence-electron chi connectivity index (χ0n) is 13.2. The molecule has 1 aromatic heterocycles. The normalized spacial score (nSPS) is 10.6. The van der Waals surface area contributed by atoms with Crippen molar-refractivity contribution in [1.29, 1.82) is 0 Å². The van der Waals surface area contributed by atoms with Gasteiger partial charge in [-0.1, -0.05) is 12.1 Å². The van der Waals surface area contributed by atoms with Crippen LogP contribution in [0.5, 0.6) is 11.5 Å². The summed E-state index contributed by atoms with van der Waals surface area (Å²) in [7, 11) is 4.59. The van der Waals surface area contributed by atoms with Gasteiger partial charge in [-0.3, -0.25) is 0 Å². The number of fused-ring (bicyclic) bond motifs is 1. The number of hydrogen-bond acceptors (Lipinski definition) is 4. The number of aromatic amines is 1. The Balaban J connectivity index is 2.24. The molecule has 3 rings (SSSR count). The van der Waals surface area contributed by atoms with Gasteiger partial charge in [-0.15, -0.1) is 0 Å². The molecule has 0 unspecified atom stereocenters. The van der Waals surface area contributed by atoms with Crippen LogP contribution in [0.1, 0.15) is 10.5 Å². The summed E-state index contributed by atoms with van der Waals surface area (Å²) in [6, 6.07) is 13.2. The Kier molecular flexibility index (Phi) is 3.93. The highest BCUT2D eigenvalue weighted by atomic mass is 16.5. The monoisotopic (exact) mass is 311 g/mol. The molecule has 23 heavy (non-hydrogen) atoms. The van der Waals surface area contributed by atoms with Crippen LogP contribution in [-0.2, 0) is 4.74 Å². The molecule has 0 aliphatic heterocycles. The third-order valence-corrected chi connectivity index (χ3v) is 3.77. The van der Waals surface area contributed by atoms with E-state index in [1.165, 1.54) is 7.11 Å². The first-order valence-electron chi connectivity index (χ1n) is 7.10. The zero-order valence-corrected chi connectivity index (χ0v) is 13.2. The van der Waals surface area contributed by atoms with Crippen LogP contribution in [0.4, 0.5) is 0 Å². The van der Waals surface area contributed by atoms with E-state index in [9.17, 15) is 4.79 Å². The zero-order chi connectivity index (χ0) is 16.4. The Morgan fingerprint density at radius 1 is 0.913 bits per heavy atom. The van der Waals surface area contributed by atoms with E-state index >= 15 is 0 Å². The maximum Gasteiger partial charge on any atom is 0.355 e. The summed E-state index contributed by atoms with van der Waals surface area (Å²) >= 11 is 0. The number of rotatable bonds is 4. The quantitative estimate of drug-likeness (QED) is 0.747. The van der Waals surface area contributed by atoms with Crippen molar-refractivity contribution >= 4 is 16.9 Å². The van der Waals surface area contributed by atoms with Gasteiger partial charge in [0.15, 0.2) is 0 Å². The highest BCUT2D eigenvalue weighted by Gasteiger charge is 2.20. The second-order valence-electron chi connectivity index (χ2n) is 5.01. The summed E-state index contributed by atoms with van der Waals surface area (Å²) in [6.07, 6.45) is 0. The SMILES string of the molecule is COC(=O)c1[nH]c2cc(OC)ccc2c1-c1ccc(OC)cc1. The lowest BCUT2D eigenvalue weighted by Crippen LogP contribution is -2.03. The molecule has 0 saturated carbocycles. The largest absolute Gasteiger partial charge is 0.497 e. The van der Waals surface area contributed by atoms with Gasteiger partial charge in [-0.2, -0.15) is 0 Å². The van der Waals surface area contributed by atoms with Gasteiger partial charge in [-0.05, 0) is 29.8 Å². The minimum Gasteiger partial charge on any atom is -0.497 e. The topological polar surface area (TPSA) is 60.6 Å². The molecule has 2 aromatic carbocycles. The molecule has 5 heteroatoms. The molecule has 0 radical (unpaired) electrons. The van der Waals surface area contributed by atoms with Crippen molar-refractivity contribution in [3.8, 4) is 22.6 Å². The molecule has 1 N–H and O–H groups in total. The molecule has 0 amide bonds. The predicted octanol–water partition coefficient (Wildman–Crippen LogP) is 3.64. The van der Waals surface area contributed by atoms with Gasteiger partial charge in [0, 0.05) is 17.0 Å². The van der Waals surface area contributed by atoms with Crippen LogP contribution in [-0.4, -0.2) is 32.3 Å². The Labute approximate surface area is 133 Å². The van der Waals surface area contributed by atoms with Crippen molar-refractivity contribution in [2.45, 2.75) is 0 Å². The first kappa shape index (κ1) is 15.0. The van der Waals surface area contributed by atoms with Crippen LogP contribution < -0.4 is 9.47 Å². The molecule has 0 atom stereocenters. The second kappa shape index (κ2) is 6.04. The van der Waals surface area contributed by atoms with Gasteiger partial charge in [0.05, 0.1) is 26.8 Å². The van der Waals surface area contributed by atoms with E-state index in [0.717, 1.165) is 33.5 Å². The molecule has 0 fully saturated rings. The predicted molar refractivity (Wildman–Crippen MR) is 88.2 cm³/mol. The number of H-pyrrole nitrogens is 1. The van der Waals surface area contributed by atoms with Gasteiger partial charge in [0.1, 0.15) is 17.2 Å². The highest BCUT2D eigenvalue weighted by Crippen LogP contribution is 2.35. The molecular weight excluding hydrogens is 294 g/mol. The fourth-order valence-corrected chi connectivity index (χ4v) is 2.62. The van der Waals surface area contributed by atoms with Crippen molar-refractivity contribution in [3.05, 3.63) is 48.2 Å². The lowest BCUT2D eigenvalue weighted by atomic mass is 10.0. The lowest BCUT2D eigenvalue weighted by Gasteiger charge is -2.06. The highest BCUT2D eigenvalue weighted by molar-refractivity contribution is 6.08. The van der Waals surface area contributed by atoms with E-state index in [2.05, 4.69) is 4.98 Å². The van der Waals surface area contributed by atoms with Crippen LogP contribution >= 0.6 is 0 Å². The number of aromatic nitrogens is 1. The molecule has 3 aromatic rings. The summed E-state index contributed by atoms with van der Waals surface area (Å²) in [5.74, 6) is 1.07. The van der Waals surface area contributed by atoms with Crippen molar-refractivity contribution in [2.75, 3.05) is 21.3 Å². The molecule has 118 valence electrons. The molecule has 1 heterocycles. The number of nitrogens with one attached hydrogen (secondary N) is 1. The number of carbonyl (C=O) groups excluding carboxylic acids is 1. The first-order valence-corrected chi connectivity index (χ1v) is 7.10. The van der Waals surface area contributed by atoms with Gasteiger partial charge < -0.3 is 19.2 Å². The molecule has 0 bridgehead atoms. The van der Waals surface area contributed by atoms with E-state index < -0.39 is 5.97 Å². The molecule has 0 aliphatic carbocycles. The van der Waals surface area contributed by atoms with E-state index in [4.69, 9.17) is 14.2 Å². The Morgan fingerprint density at radius 3 is 2.17 bits per heavy atom. The molecular formula is C18H17NO4. The summed E-state index contributed by atoms with van der Waals surface area (Å²) in [6.45, 7) is 0. The van der Waals surface area contributed by atoms with Gasteiger partial charge >= 0.3 is 5.97 Å². The standard InChI is InChI=1S/C18H17NO4/c1-21-12-6-4-11(5-7-12)16-14-9-8-13(22-2)10-15(14)19-17(16)18(20)23-3/h4-10,19H,1-3H3. The average Bonchev–Trinajstić information content (AvgIpc) is 2.99. The Hall–Kier alpha value is -2.95. The minimum absolute atomic E-state index is 0.411. The maximum atomic E-state index is 12.1. The molecule has 0 spiro atoms. The third-order valence-electron chi connectivity index (χ3n) is 3.77. The summed E-state index contributed by atoms with van der Waals surface area (Å²) < 4.78 is 15.3. The summed E-state index contributed by atoms with van der Waals surface area (Å²) in [5.41, 5.74) is 2.94. The fourth-order valence-electron chi connectivity index (χ4n) is 2.62. The van der Waals surface area contributed by atoms with Gasteiger partial charge in [0.25, 0.3) is 0 Å². The average molecular weight is 311 g/mol. The number of carbonyl (C=O) groups is 1. The van der Waals surface area contributed by atoms with Crippen molar-refractivity contribution in [2.24, 2.45) is 0 Å². The van der Waals surface area contributed by atoms with E-state index in [1.54, 1.807) is 14.2 Å². The second-order valence-corrected chi connectivity index (χ2v) is 5.01. The van der Waals surface area contributed by atoms with Crippen LogP contribution in [0, 0.1) is 0 Å². The van der Waals surface area contributed by atoms with Crippen molar-refractivity contribution < 1.29 is 19.0 Å². The van der Waals surface area contributed by atoms with E-state index in [-0.39, 0.29) is 0 Å².